The molecule has 1 atom stereocenters. The lowest BCUT2D eigenvalue weighted by Gasteiger charge is -2.19. The van der Waals surface area contributed by atoms with Gasteiger partial charge in [-0.1, -0.05) is 28.9 Å². The molecule has 0 radical (unpaired) electrons. The molecule has 1 aromatic heterocycles. The molecule has 2 aromatic rings. The standard InChI is InChI=1S/C16H20BrNOS/c1-4-12-6-7-13(20-12)10-15(18-2)14-8-5-11(17)9-16(14)19-3/h5-9,15,18H,4,10H2,1-3H3. The predicted octanol–water partition coefficient (Wildman–Crippen LogP) is 4.58. The van der Waals surface area contributed by atoms with E-state index in [1.807, 2.05) is 24.5 Å². The normalized spacial score (nSPS) is 12.4. The molecule has 0 saturated carbocycles. The van der Waals surface area contributed by atoms with Crippen LogP contribution in [0.5, 0.6) is 5.75 Å². The lowest BCUT2D eigenvalue weighted by molar-refractivity contribution is 0.401. The number of halogens is 1. The van der Waals surface area contributed by atoms with Gasteiger partial charge >= 0.3 is 0 Å². The van der Waals surface area contributed by atoms with Crippen molar-refractivity contribution in [1.82, 2.24) is 5.32 Å². The maximum absolute atomic E-state index is 5.51. The van der Waals surface area contributed by atoms with Gasteiger partial charge in [0.15, 0.2) is 0 Å². The second-order valence-electron chi connectivity index (χ2n) is 4.65. The summed E-state index contributed by atoms with van der Waals surface area (Å²) in [6.07, 6.45) is 2.09. The van der Waals surface area contributed by atoms with Crippen LogP contribution in [-0.4, -0.2) is 14.2 Å². The van der Waals surface area contributed by atoms with E-state index in [1.54, 1.807) is 7.11 Å². The highest BCUT2D eigenvalue weighted by Crippen LogP contribution is 2.31. The summed E-state index contributed by atoms with van der Waals surface area (Å²) < 4.78 is 6.55. The number of thiophene rings is 1. The molecule has 0 aliphatic carbocycles. The van der Waals surface area contributed by atoms with Gasteiger partial charge in [-0.3, -0.25) is 0 Å². The summed E-state index contributed by atoms with van der Waals surface area (Å²) >= 11 is 5.39. The number of ether oxygens (including phenoxy) is 1. The van der Waals surface area contributed by atoms with Gasteiger partial charge in [0.25, 0.3) is 0 Å². The van der Waals surface area contributed by atoms with E-state index in [1.165, 1.54) is 15.3 Å². The van der Waals surface area contributed by atoms with Crippen molar-refractivity contribution in [3.8, 4) is 5.75 Å². The molecule has 4 heteroatoms. The average molecular weight is 354 g/mol. The van der Waals surface area contributed by atoms with E-state index in [4.69, 9.17) is 4.74 Å². The molecule has 108 valence electrons. The zero-order valence-electron chi connectivity index (χ0n) is 12.1. The smallest absolute Gasteiger partial charge is 0.124 e. The number of aryl methyl sites for hydroxylation is 1. The van der Waals surface area contributed by atoms with Gasteiger partial charge in [-0.25, -0.2) is 0 Å². The van der Waals surface area contributed by atoms with Gasteiger partial charge in [-0.2, -0.15) is 0 Å². The Kier molecular flexibility index (Phi) is 5.64. The molecule has 0 saturated heterocycles. The Hall–Kier alpha value is -0.840. The number of nitrogens with one attached hydrogen (secondary N) is 1. The van der Waals surface area contributed by atoms with Crippen LogP contribution in [0.15, 0.2) is 34.8 Å². The molecule has 0 amide bonds. The van der Waals surface area contributed by atoms with Crippen LogP contribution in [0.3, 0.4) is 0 Å². The fourth-order valence-electron chi connectivity index (χ4n) is 2.26. The van der Waals surface area contributed by atoms with E-state index < -0.39 is 0 Å². The number of hydrogen-bond acceptors (Lipinski definition) is 3. The van der Waals surface area contributed by atoms with Crippen LogP contribution in [0.25, 0.3) is 0 Å². The van der Waals surface area contributed by atoms with Gasteiger partial charge in [0.1, 0.15) is 5.75 Å². The fourth-order valence-corrected chi connectivity index (χ4v) is 3.61. The van der Waals surface area contributed by atoms with E-state index in [0.717, 1.165) is 23.1 Å². The second-order valence-corrected chi connectivity index (χ2v) is 6.82. The third-order valence-corrected chi connectivity index (χ3v) is 5.14. The highest BCUT2D eigenvalue weighted by Gasteiger charge is 2.16. The van der Waals surface area contributed by atoms with Crippen LogP contribution in [0.4, 0.5) is 0 Å². The van der Waals surface area contributed by atoms with Gasteiger partial charge in [0, 0.05) is 32.3 Å². The van der Waals surface area contributed by atoms with Crippen molar-refractivity contribution in [3.63, 3.8) is 0 Å². The maximum atomic E-state index is 5.51. The molecule has 1 N–H and O–H groups in total. The van der Waals surface area contributed by atoms with Crippen molar-refractivity contribution in [3.05, 3.63) is 50.1 Å². The predicted molar refractivity (Wildman–Crippen MR) is 89.9 cm³/mol. The molecule has 0 aliphatic heterocycles. The first kappa shape index (κ1) is 15.5. The summed E-state index contributed by atoms with van der Waals surface area (Å²) in [5.74, 6) is 0.922. The summed E-state index contributed by atoms with van der Waals surface area (Å²) in [6.45, 7) is 2.20. The van der Waals surface area contributed by atoms with Crippen molar-refractivity contribution in [2.24, 2.45) is 0 Å². The van der Waals surface area contributed by atoms with Gasteiger partial charge in [-0.15, -0.1) is 11.3 Å². The average Bonchev–Trinajstić information content (AvgIpc) is 2.92. The Morgan fingerprint density at radius 2 is 2.00 bits per heavy atom. The molecule has 0 aliphatic rings. The second kappa shape index (κ2) is 7.25. The van der Waals surface area contributed by atoms with Crippen molar-refractivity contribution in [2.45, 2.75) is 25.8 Å². The van der Waals surface area contributed by atoms with E-state index in [9.17, 15) is 0 Å². The Morgan fingerprint density at radius 1 is 1.25 bits per heavy atom. The quantitative estimate of drug-likeness (QED) is 0.820. The molecular weight excluding hydrogens is 334 g/mol. The van der Waals surface area contributed by atoms with E-state index >= 15 is 0 Å². The Bertz CT molecular complexity index is 567. The Balaban J connectivity index is 2.23. The summed E-state index contributed by atoms with van der Waals surface area (Å²) in [6, 6.07) is 10.9. The zero-order valence-corrected chi connectivity index (χ0v) is 14.5. The van der Waals surface area contributed by atoms with Crippen LogP contribution in [0.2, 0.25) is 0 Å². The SMILES string of the molecule is CCc1ccc(CC(NC)c2ccc(Br)cc2OC)s1. The van der Waals surface area contributed by atoms with E-state index in [0.29, 0.717) is 0 Å². The number of rotatable bonds is 6. The zero-order chi connectivity index (χ0) is 14.5. The summed E-state index contributed by atoms with van der Waals surface area (Å²) in [5, 5.41) is 3.40. The first-order valence-corrected chi connectivity index (χ1v) is 8.37. The minimum Gasteiger partial charge on any atom is -0.496 e. The molecular formula is C16H20BrNOS. The highest BCUT2D eigenvalue weighted by molar-refractivity contribution is 9.10. The van der Waals surface area contributed by atoms with Crippen LogP contribution >= 0.6 is 27.3 Å². The third-order valence-electron chi connectivity index (χ3n) is 3.39. The van der Waals surface area contributed by atoms with E-state index in [-0.39, 0.29) is 6.04 Å². The number of hydrogen-bond donors (Lipinski definition) is 1. The van der Waals surface area contributed by atoms with Crippen molar-refractivity contribution >= 4 is 27.3 Å². The number of benzene rings is 1. The lowest BCUT2D eigenvalue weighted by atomic mass is 10.0. The lowest BCUT2D eigenvalue weighted by Crippen LogP contribution is -2.19. The minimum absolute atomic E-state index is 0.265. The molecule has 20 heavy (non-hydrogen) atoms. The van der Waals surface area contributed by atoms with Crippen LogP contribution in [-0.2, 0) is 12.8 Å². The molecule has 1 heterocycles. The topological polar surface area (TPSA) is 21.3 Å². The van der Waals surface area contributed by atoms with Crippen molar-refractivity contribution in [1.29, 1.82) is 0 Å². The molecule has 0 spiro atoms. The fraction of sp³-hybridized carbons (Fsp3) is 0.375. The first-order chi connectivity index (χ1) is 9.67. The summed E-state index contributed by atoms with van der Waals surface area (Å²) in [7, 11) is 3.72. The van der Waals surface area contributed by atoms with E-state index in [2.05, 4.69) is 52.4 Å². The Labute approximate surface area is 133 Å². The molecule has 2 rings (SSSR count). The third kappa shape index (κ3) is 3.62. The van der Waals surface area contributed by atoms with Crippen molar-refractivity contribution in [2.75, 3.05) is 14.2 Å². The van der Waals surface area contributed by atoms with Gasteiger partial charge in [0.05, 0.1) is 7.11 Å². The van der Waals surface area contributed by atoms with Crippen LogP contribution in [0.1, 0.15) is 28.3 Å². The number of likely N-dealkylation sites (N-methyl/N-ethyl adjacent to an activating group) is 1. The minimum atomic E-state index is 0.265. The van der Waals surface area contributed by atoms with Crippen LogP contribution < -0.4 is 10.1 Å². The van der Waals surface area contributed by atoms with Gasteiger partial charge in [0.2, 0.25) is 0 Å². The molecule has 1 unspecified atom stereocenters. The Morgan fingerprint density at radius 3 is 2.60 bits per heavy atom. The van der Waals surface area contributed by atoms with Crippen molar-refractivity contribution < 1.29 is 4.74 Å². The molecule has 0 fully saturated rings. The summed E-state index contributed by atoms with van der Waals surface area (Å²) in [5.41, 5.74) is 1.20. The summed E-state index contributed by atoms with van der Waals surface area (Å²) in [4.78, 5) is 2.85. The maximum Gasteiger partial charge on any atom is 0.124 e. The molecule has 1 aromatic carbocycles. The van der Waals surface area contributed by atoms with Gasteiger partial charge < -0.3 is 10.1 Å². The molecule has 0 bridgehead atoms. The van der Waals surface area contributed by atoms with Crippen LogP contribution in [0, 0.1) is 0 Å². The highest BCUT2D eigenvalue weighted by atomic mass is 79.9. The number of methoxy groups -OCH3 is 1. The first-order valence-electron chi connectivity index (χ1n) is 6.76. The monoisotopic (exact) mass is 353 g/mol. The van der Waals surface area contributed by atoms with Gasteiger partial charge in [-0.05, 0) is 37.7 Å². The molecule has 2 nitrogen and oxygen atoms in total. The largest absolute Gasteiger partial charge is 0.496 e.